The van der Waals surface area contributed by atoms with E-state index in [2.05, 4.69) is 0 Å². The van der Waals surface area contributed by atoms with E-state index in [0.717, 1.165) is 29.7 Å². The van der Waals surface area contributed by atoms with Crippen LogP contribution >= 0.6 is 0 Å². The van der Waals surface area contributed by atoms with Crippen molar-refractivity contribution in [3.8, 4) is 17.2 Å². The second-order valence-corrected chi connectivity index (χ2v) is 4.53. The maximum absolute atomic E-state index is 9.49. The minimum absolute atomic E-state index is 0.0635. The molecule has 0 aliphatic carbocycles. The molecule has 1 unspecified atom stereocenters. The highest BCUT2D eigenvalue weighted by atomic mass is 16.5. The van der Waals surface area contributed by atoms with Crippen LogP contribution in [0.15, 0.2) is 42.5 Å². The van der Waals surface area contributed by atoms with E-state index in [9.17, 15) is 10.2 Å². The van der Waals surface area contributed by atoms with Crippen molar-refractivity contribution in [1.82, 2.24) is 0 Å². The number of fused-ring (bicyclic) bond motifs is 1. The van der Waals surface area contributed by atoms with Gasteiger partial charge in [-0.1, -0.05) is 18.2 Å². The summed E-state index contributed by atoms with van der Waals surface area (Å²) in [6.07, 6.45) is 1.73. The molecule has 0 aromatic heterocycles. The molecule has 0 radical (unpaired) electrons. The highest BCUT2D eigenvalue weighted by Crippen LogP contribution is 2.37. The number of phenols is 2. The van der Waals surface area contributed by atoms with Crippen LogP contribution in [0.4, 0.5) is 0 Å². The summed E-state index contributed by atoms with van der Waals surface area (Å²) in [5, 5.41) is 19.0. The molecule has 0 saturated heterocycles. The van der Waals surface area contributed by atoms with Gasteiger partial charge in [-0.3, -0.25) is 0 Å². The molecule has 0 spiro atoms. The topological polar surface area (TPSA) is 49.7 Å². The molecule has 1 atom stereocenters. The van der Waals surface area contributed by atoms with E-state index in [-0.39, 0.29) is 17.6 Å². The van der Waals surface area contributed by atoms with Crippen molar-refractivity contribution in [2.75, 3.05) is 0 Å². The molecule has 2 aromatic rings. The first kappa shape index (κ1) is 11.0. The van der Waals surface area contributed by atoms with Crippen LogP contribution in [0.2, 0.25) is 0 Å². The summed E-state index contributed by atoms with van der Waals surface area (Å²) in [5.41, 5.74) is 2.08. The van der Waals surface area contributed by atoms with Crippen LogP contribution in [0.25, 0.3) is 0 Å². The molecule has 3 nitrogen and oxygen atoms in total. The van der Waals surface area contributed by atoms with Crippen LogP contribution in [0, 0.1) is 0 Å². The lowest BCUT2D eigenvalue weighted by molar-refractivity contribution is 0.175. The summed E-state index contributed by atoms with van der Waals surface area (Å²) in [7, 11) is 0. The van der Waals surface area contributed by atoms with Crippen molar-refractivity contribution in [3.05, 3.63) is 53.6 Å². The number of aromatic hydroxyl groups is 2. The molecule has 0 bridgehead atoms. The van der Waals surface area contributed by atoms with Gasteiger partial charge in [0.05, 0.1) is 0 Å². The average Bonchev–Trinajstić information content (AvgIpc) is 2.38. The molecule has 0 fully saturated rings. The summed E-state index contributed by atoms with van der Waals surface area (Å²) in [6.45, 7) is 0. The molecule has 3 rings (SSSR count). The molecule has 2 aromatic carbocycles. The van der Waals surface area contributed by atoms with Crippen molar-refractivity contribution < 1.29 is 14.9 Å². The molecule has 92 valence electrons. The quantitative estimate of drug-likeness (QED) is 0.807. The van der Waals surface area contributed by atoms with Gasteiger partial charge < -0.3 is 14.9 Å². The molecule has 18 heavy (non-hydrogen) atoms. The normalized spacial score (nSPS) is 17.9. The Morgan fingerprint density at radius 1 is 1.00 bits per heavy atom. The van der Waals surface area contributed by atoms with E-state index >= 15 is 0 Å². The fraction of sp³-hybridized carbons (Fsp3) is 0.200. The molecule has 2 N–H and O–H groups in total. The van der Waals surface area contributed by atoms with E-state index in [1.54, 1.807) is 24.3 Å². The number of hydrogen-bond donors (Lipinski definition) is 2. The summed E-state index contributed by atoms with van der Waals surface area (Å²) in [4.78, 5) is 0. The number of benzene rings is 2. The zero-order valence-corrected chi connectivity index (χ0v) is 9.84. The number of hydrogen-bond acceptors (Lipinski definition) is 3. The number of phenolic OH excluding ortho intramolecular Hbond substituents is 2. The largest absolute Gasteiger partial charge is 0.508 e. The fourth-order valence-electron chi connectivity index (χ4n) is 2.32. The number of rotatable bonds is 1. The first-order chi connectivity index (χ1) is 8.72. The number of aryl methyl sites for hydroxylation is 1. The van der Waals surface area contributed by atoms with Gasteiger partial charge in [0.2, 0.25) is 0 Å². The zero-order valence-electron chi connectivity index (χ0n) is 9.84. The van der Waals surface area contributed by atoms with Gasteiger partial charge in [-0.05, 0) is 42.2 Å². The van der Waals surface area contributed by atoms with Gasteiger partial charge in [0.15, 0.2) is 0 Å². The second-order valence-electron chi connectivity index (χ2n) is 4.53. The third kappa shape index (κ3) is 1.99. The van der Waals surface area contributed by atoms with Crippen LogP contribution in [-0.4, -0.2) is 10.2 Å². The highest BCUT2D eigenvalue weighted by Gasteiger charge is 2.21. The maximum Gasteiger partial charge on any atom is 0.127 e. The smallest absolute Gasteiger partial charge is 0.127 e. The second kappa shape index (κ2) is 4.26. The van der Waals surface area contributed by atoms with E-state index in [1.807, 2.05) is 18.2 Å². The van der Waals surface area contributed by atoms with Crippen molar-refractivity contribution in [3.63, 3.8) is 0 Å². The SMILES string of the molecule is Oc1cccc(C2CCc3ccc(O)cc3O2)c1. The predicted molar refractivity (Wildman–Crippen MR) is 67.9 cm³/mol. The Bertz CT molecular complexity index is 578. The third-order valence-corrected chi connectivity index (χ3v) is 3.24. The van der Waals surface area contributed by atoms with Crippen molar-refractivity contribution >= 4 is 0 Å². The minimum atomic E-state index is -0.0635. The summed E-state index contributed by atoms with van der Waals surface area (Å²) < 4.78 is 5.88. The number of ether oxygens (including phenoxy) is 1. The first-order valence-corrected chi connectivity index (χ1v) is 6.00. The minimum Gasteiger partial charge on any atom is -0.508 e. The van der Waals surface area contributed by atoms with Crippen LogP contribution < -0.4 is 4.74 Å². The van der Waals surface area contributed by atoms with Gasteiger partial charge >= 0.3 is 0 Å². The third-order valence-electron chi connectivity index (χ3n) is 3.24. The highest BCUT2D eigenvalue weighted by molar-refractivity contribution is 5.42. The lowest BCUT2D eigenvalue weighted by Gasteiger charge is -2.26. The summed E-state index contributed by atoms with van der Waals surface area (Å²) >= 11 is 0. The van der Waals surface area contributed by atoms with Crippen molar-refractivity contribution in [2.24, 2.45) is 0 Å². The van der Waals surface area contributed by atoms with Gasteiger partial charge in [-0.15, -0.1) is 0 Å². The molecule has 1 aliphatic rings. The Labute approximate surface area is 105 Å². The van der Waals surface area contributed by atoms with Gasteiger partial charge in [-0.2, -0.15) is 0 Å². The first-order valence-electron chi connectivity index (χ1n) is 6.00. The van der Waals surface area contributed by atoms with Crippen LogP contribution in [0.3, 0.4) is 0 Å². The van der Waals surface area contributed by atoms with Crippen LogP contribution in [0.1, 0.15) is 23.7 Å². The van der Waals surface area contributed by atoms with Gasteiger partial charge in [0.25, 0.3) is 0 Å². The molecular weight excluding hydrogens is 228 g/mol. The lowest BCUT2D eigenvalue weighted by Crippen LogP contribution is -2.14. The Hall–Kier alpha value is -2.16. The van der Waals surface area contributed by atoms with E-state index in [1.165, 1.54) is 0 Å². The predicted octanol–water partition coefficient (Wildman–Crippen LogP) is 3.16. The summed E-state index contributed by atoms with van der Waals surface area (Å²) in [6, 6.07) is 12.3. The van der Waals surface area contributed by atoms with E-state index in [4.69, 9.17) is 4.74 Å². The zero-order chi connectivity index (χ0) is 12.5. The standard InChI is InChI=1S/C15H14O3/c16-12-3-1-2-11(8-12)14-7-5-10-4-6-13(17)9-15(10)18-14/h1-4,6,8-9,14,16-17H,5,7H2. The Morgan fingerprint density at radius 3 is 2.67 bits per heavy atom. The molecular formula is C15H14O3. The monoisotopic (exact) mass is 242 g/mol. The maximum atomic E-state index is 9.49. The van der Waals surface area contributed by atoms with Gasteiger partial charge in [0, 0.05) is 6.07 Å². The van der Waals surface area contributed by atoms with Crippen molar-refractivity contribution in [1.29, 1.82) is 0 Å². The van der Waals surface area contributed by atoms with Gasteiger partial charge in [0.1, 0.15) is 23.4 Å². The molecule has 1 heterocycles. The average molecular weight is 242 g/mol. The summed E-state index contributed by atoms with van der Waals surface area (Å²) in [5.74, 6) is 1.19. The Morgan fingerprint density at radius 2 is 1.83 bits per heavy atom. The Kier molecular flexibility index (Phi) is 2.59. The molecule has 1 aliphatic heterocycles. The molecule has 3 heteroatoms. The van der Waals surface area contributed by atoms with Crippen LogP contribution in [-0.2, 0) is 6.42 Å². The fourth-order valence-corrected chi connectivity index (χ4v) is 2.32. The van der Waals surface area contributed by atoms with E-state index in [0.29, 0.717) is 0 Å². The molecule has 0 amide bonds. The van der Waals surface area contributed by atoms with Gasteiger partial charge in [-0.25, -0.2) is 0 Å². The Balaban J connectivity index is 1.90. The molecule has 0 saturated carbocycles. The lowest BCUT2D eigenvalue weighted by atomic mass is 9.97. The van der Waals surface area contributed by atoms with Crippen LogP contribution in [0.5, 0.6) is 17.2 Å². The van der Waals surface area contributed by atoms with Crippen molar-refractivity contribution in [2.45, 2.75) is 18.9 Å². The van der Waals surface area contributed by atoms with E-state index < -0.39 is 0 Å².